The zero-order chi connectivity index (χ0) is 9.14. The highest BCUT2D eigenvalue weighted by Crippen LogP contribution is 2.21. The normalized spacial score (nSPS) is 10.6. The lowest BCUT2D eigenvalue weighted by molar-refractivity contribution is 0.320. The van der Waals surface area contributed by atoms with Crippen molar-refractivity contribution in [2.24, 2.45) is 0 Å². The minimum absolute atomic E-state index is 0.747. The Balaban J connectivity index is 2.71. The Morgan fingerprint density at radius 3 is 2.67 bits per heavy atom. The fraction of sp³-hybridized carbons (Fsp3) is 0.333. The summed E-state index contributed by atoms with van der Waals surface area (Å²) in [6.45, 7) is 1.94. The van der Waals surface area contributed by atoms with Crippen molar-refractivity contribution >= 4 is 28.0 Å². The molecular weight excluding hydrogens is 198 g/mol. The van der Waals surface area contributed by atoms with E-state index < -0.39 is 11.0 Å². The maximum absolute atomic E-state index is 10.2. The Hall–Kier alpha value is -0.590. The quantitative estimate of drug-likeness (QED) is 0.592. The first-order valence-corrected chi connectivity index (χ1v) is 5.18. The van der Waals surface area contributed by atoms with Crippen molar-refractivity contribution in [1.82, 2.24) is 0 Å². The number of thiophene rings is 1. The topological polar surface area (TPSA) is 46.6 Å². The van der Waals surface area contributed by atoms with Gasteiger partial charge in [0.25, 0.3) is 11.0 Å². The van der Waals surface area contributed by atoms with Gasteiger partial charge in [0.05, 0.1) is 5.69 Å². The molecule has 6 heteroatoms. The Labute approximate surface area is 76.5 Å². The van der Waals surface area contributed by atoms with Gasteiger partial charge in [-0.2, -0.15) is 4.28 Å². The molecule has 12 heavy (non-hydrogen) atoms. The average Bonchev–Trinajstić information content (AvgIpc) is 2.34. The second-order valence-corrected chi connectivity index (χ2v) is 3.94. The molecule has 0 aliphatic heterocycles. The van der Waals surface area contributed by atoms with Gasteiger partial charge in [0.1, 0.15) is 0 Å². The highest BCUT2D eigenvalue weighted by Gasteiger charge is 2.03. The van der Waals surface area contributed by atoms with Crippen molar-refractivity contribution in [2.75, 3.05) is 12.1 Å². The van der Waals surface area contributed by atoms with Crippen LogP contribution in [0, 0.1) is 6.92 Å². The Morgan fingerprint density at radius 1 is 1.58 bits per heavy atom. The van der Waals surface area contributed by atoms with E-state index in [9.17, 15) is 8.42 Å². The molecule has 1 aromatic heterocycles. The summed E-state index contributed by atoms with van der Waals surface area (Å²) in [5, 5.41) is 3.05. The standard InChI is InChI=1S/C6H9NO3S2/c1-5-3-6(4-11-5)7(2)10-12(8)9/h3-4,12H,1-2H3. The van der Waals surface area contributed by atoms with Crippen molar-refractivity contribution in [1.29, 1.82) is 0 Å². The third-order valence-corrected chi connectivity index (χ3v) is 2.50. The molecule has 0 fully saturated rings. The summed E-state index contributed by atoms with van der Waals surface area (Å²) in [7, 11) is -1.28. The first-order chi connectivity index (χ1) is 5.59. The second kappa shape index (κ2) is 3.88. The number of hydroxylamine groups is 1. The lowest BCUT2D eigenvalue weighted by Gasteiger charge is -2.10. The SMILES string of the molecule is Cc1cc(N(C)O[SH](=O)=O)cs1. The first kappa shape index (κ1) is 9.50. The number of rotatable bonds is 3. The molecule has 0 unspecified atom stereocenters. The minimum atomic E-state index is -2.82. The molecule has 0 spiro atoms. The fourth-order valence-corrected chi connectivity index (χ4v) is 1.75. The third kappa shape index (κ3) is 2.47. The maximum atomic E-state index is 10.2. The largest absolute Gasteiger partial charge is 0.277 e. The van der Waals surface area contributed by atoms with E-state index in [0.29, 0.717) is 0 Å². The number of hydrogen-bond donors (Lipinski definition) is 1. The Morgan fingerprint density at radius 2 is 2.25 bits per heavy atom. The number of thiol groups is 1. The number of hydrogen-bond acceptors (Lipinski definition) is 5. The van der Waals surface area contributed by atoms with Gasteiger partial charge in [0.2, 0.25) is 0 Å². The van der Waals surface area contributed by atoms with E-state index in [1.165, 1.54) is 5.06 Å². The van der Waals surface area contributed by atoms with E-state index in [1.807, 2.05) is 18.4 Å². The van der Waals surface area contributed by atoms with Gasteiger partial charge in [-0.15, -0.1) is 11.3 Å². The summed E-state index contributed by atoms with van der Waals surface area (Å²) in [5.74, 6) is 0. The van der Waals surface area contributed by atoms with Gasteiger partial charge in [0.15, 0.2) is 0 Å². The van der Waals surface area contributed by atoms with Crippen LogP contribution in [0.3, 0.4) is 0 Å². The molecule has 0 aromatic carbocycles. The highest BCUT2D eigenvalue weighted by molar-refractivity contribution is 7.67. The number of anilines is 1. The van der Waals surface area contributed by atoms with Crippen LogP contribution in [-0.4, -0.2) is 15.5 Å². The van der Waals surface area contributed by atoms with E-state index in [1.54, 1.807) is 18.4 Å². The van der Waals surface area contributed by atoms with Gasteiger partial charge in [-0.1, -0.05) is 0 Å². The van der Waals surface area contributed by atoms with Crippen molar-refractivity contribution in [3.8, 4) is 0 Å². The molecule has 1 heterocycles. The monoisotopic (exact) mass is 207 g/mol. The molecule has 0 aliphatic rings. The fourth-order valence-electron chi connectivity index (χ4n) is 0.742. The van der Waals surface area contributed by atoms with E-state index in [4.69, 9.17) is 0 Å². The number of aryl methyl sites for hydroxylation is 1. The summed E-state index contributed by atoms with van der Waals surface area (Å²) >= 11 is 1.54. The summed E-state index contributed by atoms with van der Waals surface area (Å²) in [6.07, 6.45) is 0. The summed E-state index contributed by atoms with van der Waals surface area (Å²) in [6, 6.07) is 1.85. The summed E-state index contributed by atoms with van der Waals surface area (Å²) in [4.78, 5) is 1.11. The van der Waals surface area contributed by atoms with Crippen molar-refractivity contribution in [3.63, 3.8) is 0 Å². The van der Waals surface area contributed by atoms with Gasteiger partial charge in [-0.25, -0.2) is 13.5 Å². The van der Waals surface area contributed by atoms with Crippen LogP contribution in [0.1, 0.15) is 4.88 Å². The molecule has 68 valence electrons. The molecule has 0 radical (unpaired) electrons. The third-order valence-electron chi connectivity index (χ3n) is 1.27. The molecule has 4 nitrogen and oxygen atoms in total. The molecular formula is C6H9NO3S2. The van der Waals surface area contributed by atoms with Crippen molar-refractivity contribution < 1.29 is 12.7 Å². The average molecular weight is 207 g/mol. The smallest absolute Gasteiger partial charge is 0.239 e. The predicted molar refractivity (Wildman–Crippen MR) is 48.9 cm³/mol. The zero-order valence-electron chi connectivity index (χ0n) is 6.68. The van der Waals surface area contributed by atoms with Crippen LogP contribution < -0.4 is 5.06 Å². The van der Waals surface area contributed by atoms with Gasteiger partial charge in [-0.05, 0) is 13.0 Å². The summed E-state index contributed by atoms with van der Waals surface area (Å²) < 4.78 is 24.8. The lowest BCUT2D eigenvalue weighted by atomic mass is 10.4. The first-order valence-electron chi connectivity index (χ1n) is 3.21. The molecule has 0 amide bonds. The molecule has 0 atom stereocenters. The molecule has 0 saturated heterocycles. The number of nitrogens with zero attached hydrogens (tertiary/aromatic N) is 1. The van der Waals surface area contributed by atoms with Crippen molar-refractivity contribution in [2.45, 2.75) is 6.92 Å². The summed E-state index contributed by atoms with van der Waals surface area (Å²) in [5.41, 5.74) is 0.747. The van der Waals surface area contributed by atoms with Crippen LogP contribution >= 0.6 is 11.3 Å². The highest BCUT2D eigenvalue weighted by atomic mass is 32.2. The van der Waals surface area contributed by atoms with E-state index in [0.717, 1.165) is 10.6 Å². The molecule has 1 rings (SSSR count). The lowest BCUT2D eigenvalue weighted by Crippen LogP contribution is -2.15. The minimum Gasteiger partial charge on any atom is -0.239 e. The molecule has 1 aromatic rings. The zero-order valence-corrected chi connectivity index (χ0v) is 8.39. The Bertz CT molecular complexity index is 323. The van der Waals surface area contributed by atoms with E-state index in [2.05, 4.69) is 4.28 Å². The van der Waals surface area contributed by atoms with Crippen LogP contribution in [0.5, 0.6) is 0 Å². The van der Waals surface area contributed by atoms with Gasteiger partial charge in [-0.3, -0.25) is 0 Å². The van der Waals surface area contributed by atoms with Crippen LogP contribution in [0.15, 0.2) is 11.4 Å². The maximum Gasteiger partial charge on any atom is 0.277 e. The van der Waals surface area contributed by atoms with Gasteiger partial charge < -0.3 is 0 Å². The molecule has 0 aliphatic carbocycles. The van der Waals surface area contributed by atoms with Gasteiger partial charge in [0, 0.05) is 17.3 Å². The van der Waals surface area contributed by atoms with Crippen LogP contribution in [-0.2, 0) is 15.3 Å². The Kier molecular flexibility index (Phi) is 3.07. The van der Waals surface area contributed by atoms with Crippen LogP contribution in [0.2, 0.25) is 0 Å². The van der Waals surface area contributed by atoms with Crippen molar-refractivity contribution in [3.05, 3.63) is 16.3 Å². The van der Waals surface area contributed by atoms with Crippen LogP contribution in [0.25, 0.3) is 0 Å². The molecule has 0 saturated carbocycles. The molecule has 0 bridgehead atoms. The second-order valence-electron chi connectivity index (χ2n) is 2.22. The van der Waals surface area contributed by atoms with Gasteiger partial charge >= 0.3 is 0 Å². The van der Waals surface area contributed by atoms with E-state index in [-0.39, 0.29) is 0 Å². The predicted octanol–water partition coefficient (Wildman–Crippen LogP) is 0.951. The van der Waals surface area contributed by atoms with E-state index >= 15 is 0 Å². The van der Waals surface area contributed by atoms with Crippen LogP contribution in [0.4, 0.5) is 5.69 Å². The molecule has 0 N–H and O–H groups in total.